The number of azide groups is 1. The molecule has 0 fully saturated rings. The largest absolute Gasteiger partial charge is 0.493 e. The van der Waals surface area contributed by atoms with Gasteiger partial charge in [-0.2, -0.15) is 0 Å². The van der Waals surface area contributed by atoms with Crippen molar-refractivity contribution in [1.82, 2.24) is 0 Å². The highest BCUT2D eigenvalue weighted by molar-refractivity contribution is 5.54. The Morgan fingerprint density at radius 2 is 1.70 bits per heavy atom. The molecule has 0 aliphatic heterocycles. The average molecular weight is 283 g/mol. The first-order valence-electron chi connectivity index (χ1n) is 5.75. The molecule has 0 saturated carbocycles. The number of rotatable bonds is 7. The third-order valence-electron chi connectivity index (χ3n) is 2.72. The van der Waals surface area contributed by atoms with Crippen molar-refractivity contribution in [2.24, 2.45) is 5.11 Å². The Labute approximate surface area is 116 Å². The van der Waals surface area contributed by atoms with Crippen LogP contribution in [0.15, 0.2) is 17.2 Å². The van der Waals surface area contributed by atoms with E-state index in [0.29, 0.717) is 22.8 Å². The normalized spacial score (nSPS) is 13.1. The molecule has 0 aliphatic carbocycles. The second-order valence-electron chi connectivity index (χ2n) is 3.88. The van der Waals surface area contributed by atoms with E-state index in [4.69, 9.17) is 19.7 Å². The standard InChI is InChI=1S/C12H17N3O5/c1-18-9-4-7(5-10(19-2)12(9)20-3)11(17)8(16)6-14-15-13/h4-5,8,11,16-17H,6H2,1-3H3. The molecule has 0 aromatic heterocycles. The molecule has 0 saturated heterocycles. The topological polar surface area (TPSA) is 117 Å². The zero-order valence-electron chi connectivity index (χ0n) is 11.5. The fourth-order valence-electron chi connectivity index (χ4n) is 1.71. The lowest BCUT2D eigenvalue weighted by atomic mass is 10.0. The Bertz CT molecular complexity index is 477. The summed E-state index contributed by atoms with van der Waals surface area (Å²) >= 11 is 0. The average Bonchev–Trinajstić information content (AvgIpc) is 2.49. The van der Waals surface area contributed by atoms with Gasteiger partial charge in [0.05, 0.1) is 34.0 Å². The van der Waals surface area contributed by atoms with E-state index in [-0.39, 0.29) is 6.54 Å². The van der Waals surface area contributed by atoms with Crippen LogP contribution in [-0.4, -0.2) is 44.2 Å². The summed E-state index contributed by atoms with van der Waals surface area (Å²) in [6, 6.07) is 3.04. The third kappa shape index (κ3) is 3.45. The van der Waals surface area contributed by atoms with Gasteiger partial charge in [-0.3, -0.25) is 0 Å². The summed E-state index contributed by atoms with van der Waals surface area (Å²) in [7, 11) is 4.36. The molecule has 8 heteroatoms. The van der Waals surface area contributed by atoms with Crippen LogP contribution < -0.4 is 14.2 Å². The molecule has 1 aromatic carbocycles. The number of aliphatic hydroxyl groups is 2. The van der Waals surface area contributed by atoms with Crippen LogP contribution in [0.2, 0.25) is 0 Å². The maximum absolute atomic E-state index is 10.0. The second-order valence-corrected chi connectivity index (χ2v) is 3.88. The van der Waals surface area contributed by atoms with Gasteiger partial charge in [-0.05, 0) is 23.2 Å². The molecule has 1 rings (SSSR count). The SMILES string of the molecule is COc1cc(C(O)C(O)CN=[N+]=[N-])cc(OC)c1OC. The molecule has 0 heterocycles. The molecule has 2 N–H and O–H groups in total. The third-order valence-corrected chi connectivity index (χ3v) is 2.72. The van der Waals surface area contributed by atoms with Gasteiger partial charge in [-0.15, -0.1) is 0 Å². The van der Waals surface area contributed by atoms with Crippen LogP contribution in [0.3, 0.4) is 0 Å². The predicted molar refractivity (Wildman–Crippen MR) is 71.1 cm³/mol. The molecule has 0 amide bonds. The molecular weight excluding hydrogens is 266 g/mol. The first-order chi connectivity index (χ1) is 9.58. The highest BCUT2D eigenvalue weighted by atomic mass is 16.5. The smallest absolute Gasteiger partial charge is 0.203 e. The number of nitrogens with zero attached hydrogens (tertiary/aromatic N) is 3. The van der Waals surface area contributed by atoms with Crippen molar-refractivity contribution in [3.63, 3.8) is 0 Å². The number of hydrogen-bond donors (Lipinski definition) is 2. The molecule has 110 valence electrons. The van der Waals surface area contributed by atoms with E-state index in [1.54, 1.807) is 0 Å². The molecule has 20 heavy (non-hydrogen) atoms. The van der Waals surface area contributed by atoms with Crippen LogP contribution in [0.25, 0.3) is 10.4 Å². The Kier molecular flexibility index (Phi) is 5.92. The number of benzene rings is 1. The number of methoxy groups -OCH3 is 3. The lowest BCUT2D eigenvalue weighted by Crippen LogP contribution is -2.21. The van der Waals surface area contributed by atoms with E-state index >= 15 is 0 Å². The molecule has 0 radical (unpaired) electrons. The van der Waals surface area contributed by atoms with Crippen LogP contribution in [0, 0.1) is 0 Å². The molecule has 0 aliphatic rings. The minimum absolute atomic E-state index is 0.242. The fraction of sp³-hybridized carbons (Fsp3) is 0.500. The quantitative estimate of drug-likeness (QED) is 0.446. The van der Waals surface area contributed by atoms with Crippen molar-refractivity contribution in [3.8, 4) is 17.2 Å². The van der Waals surface area contributed by atoms with E-state index < -0.39 is 12.2 Å². The summed E-state index contributed by atoms with van der Waals surface area (Å²) in [5.41, 5.74) is 8.57. The Morgan fingerprint density at radius 3 is 2.10 bits per heavy atom. The minimum atomic E-state index is -1.24. The summed E-state index contributed by atoms with van der Waals surface area (Å²) in [5.74, 6) is 1.10. The van der Waals surface area contributed by atoms with E-state index in [9.17, 15) is 10.2 Å². The number of hydrogen-bond acceptors (Lipinski definition) is 6. The van der Waals surface area contributed by atoms with Gasteiger partial charge in [0.15, 0.2) is 11.5 Å². The Hall–Kier alpha value is -2.15. The van der Waals surface area contributed by atoms with Crippen LogP contribution in [0.5, 0.6) is 17.2 Å². The van der Waals surface area contributed by atoms with Gasteiger partial charge in [-0.25, -0.2) is 0 Å². The van der Waals surface area contributed by atoms with Crippen LogP contribution >= 0.6 is 0 Å². The maximum atomic E-state index is 10.0. The van der Waals surface area contributed by atoms with Gasteiger partial charge in [-0.1, -0.05) is 5.11 Å². The zero-order valence-corrected chi connectivity index (χ0v) is 11.5. The van der Waals surface area contributed by atoms with Crippen molar-refractivity contribution in [2.75, 3.05) is 27.9 Å². The molecule has 2 atom stereocenters. The number of aliphatic hydroxyl groups excluding tert-OH is 2. The van der Waals surface area contributed by atoms with E-state index in [2.05, 4.69) is 10.0 Å². The van der Waals surface area contributed by atoms with Gasteiger partial charge in [0.1, 0.15) is 6.10 Å². The first-order valence-corrected chi connectivity index (χ1v) is 5.75. The van der Waals surface area contributed by atoms with Gasteiger partial charge in [0.25, 0.3) is 0 Å². The first kappa shape index (κ1) is 15.9. The van der Waals surface area contributed by atoms with Crippen molar-refractivity contribution in [3.05, 3.63) is 28.1 Å². The monoisotopic (exact) mass is 283 g/mol. The van der Waals surface area contributed by atoms with Crippen molar-refractivity contribution in [2.45, 2.75) is 12.2 Å². The summed E-state index contributed by atoms with van der Waals surface area (Å²) in [4.78, 5) is 2.53. The fourth-order valence-corrected chi connectivity index (χ4v) is 1.71. The summed E-state index contributed by atoms with van der Waals surface area (Å²) in [6.07, 6.45) is -2.47. The van der Waals surface area contributed by atoms with Crippen LogP contribution in [0.1, 0.15) is 11.7 Å². The summed E-state index contributed by atoms with van der Waals surface area (Å²) in [6.45, 7) is -0.242. The van der Waals surface area contributed by atoms with Crippen LogP contribution in [0.4, 0.5) is 0 Å². The lowest BCUT2D eigenvalue weighted by molar-refractivity contribution is 0.0241. The number of ether oxygens (including phenoxy) is 3. The maximum Gasteiger partial charge on any atom is 0.203 e. The van der Waals surface area contributed by atoms with E-state index in [1.165, 1.54) is 33.5 Å². The van der Waals surface area contributed by atoms with Gasteiger partial charge in [0, 0.05) is 4.91 Å². The van der Waals surface area contributed by atoms with E-state index in [1.807, 2.05) is 0 Å². The van der Waals surface area contributed by atoms with Crippen molar-refractivity contribution >= 4 is 0 Å². The second kappa shape index (κ2) is 7.44. The van der Waals surface area contributed by atoms with Gasteiger partial charge in [0.2, 0.25) is 5.75 Å². The predicted octanol–water partition coefficient (Wildman–Crippen LogP) is 1.42. The zero-order chi connectivity index (χ0) is 15.1. The van der Waals surface area contributed by atoms with Gasteiger partial charge >= 0.3 is 0 Å². The van der Waals surface area contributed by atoms with Crippen molar-refractivity contribution in [1.29, 1.82) is 0 Å². The molecule has 2 unspecified atom stereocenters. The Morgan fingerprint density at radius 1 is 1.15 bits per heavy atom. The minimum Gasteiger partial charge on any atom is -0.493 e. The summed E-state index contributed by atoms with van der Waals surface area (Å²) < 4.78 is 15.5. The molecular formula is C12H17N3O5. The molecule has 0 bridgehead atoms. The van der Waals surface area contributed by atoms with Crippen LogP contribution in [-0.2, 0) is 0 Å². The highest BCUT2D eigenvalue weighted by Gasteiger charge is 2.22. The Balaban J connectivity index is 3.14. The molecule has 0 spiro atoms. The molecule has 8 nitrogen and oxygen atoms in total. The molecule has 1 aromatic rings. The van der Waals surface area contributed by atoms with E-state index in [0.717, 1.165) is 0 Å². The summed E-state index contributed by atoms with van der Waals surface area (Å²) in [5, 5.41) is 23.0. The van der Waals surface area contributed by atoms with Crippen molar-refractivity contribution < 1.29 is 24.4 Å². The highest BCUT2D eigenvalue weighted by Crippen LogP contribution is 2.40. The van der Waals surface area contributed by atoms with Gasteiger partial charge < -0.3 is 24.4 Å². The lowest BCUT2D eigenvalue weighted by Gasteiger charge is -2.19.